The van der Waals surface area contributed by atoms with Gasteiger partial charge in [-0.15, -0.1) is 0 Å². The Morgan fingerprint density at radius 1 is 1.60 bits per heavy atom. The van der Waals surface area contributed by atoms with Crippen molar-refractivity contribution in [1.29, 1.82) is 5.26 Å². The van der Waals surface area contributed by atoms with Gasteiger partial charge in [-0.1, -0.05) is 0 Å². The number of likely N-dealkylation sites (tertiary alicyclic amines) is 1. The van der Waals surface area contributed by atoms with Crippen LogP contribution in [0.15, 0.2) is 0 Å². The van der Waals surface area contributed by atoms with Crippen LogP contribution in [-0.4, -0.2) is 41.8 Å². The van der Waals surface area contributed by atoms with Gasteiger partial charge in [-0.2, -0.15) is 5.26 Å². The lowest BCUT2D eigenvalue weighted by atomic mass is 10.0. The minimum Gasteiger partial charge on any atom is -0.396 e. The van der Waals surface area contributed by atoms with Gasteiger partial charge < -0.3 is 15.3 Å². The Bertz CT molecular complexity index is 248. The van der Waals surface area contributed by atoms with Crippen molar-refractivity contribution in [3.63, 3.8) is 0 Å². The van der Waals surface area contributed by atoms with Crippen LogP contribution in [0.1, 0.15) is 25.7 Å². The molecule has 1 aliphatic heterocycles. The molecule has 1 atom stereocenters. The van der Waals surface area contributed by atoms with Crippen LogP contribution in [0.3, 0.4) is 0 Å². The molecule has 0 saturated carbocycles. The quantitative estimate of drug-likeness (QED) is 0.666. The van der Waals surface area contributed by atoms with Crippen molar-refractivity contribution in [2.45, 2.75) is 31.7 Å². The average molecular weight is 211 g/mol. The van der Waals surface area contributed by atoms with Crippen LogP contribution in [0.2, 0.25) is 0 Å². The summed E-state index contributed by atoms with van der Waals surface area (Å²) in [6.45, 7) is 0.871. The van der Waals surface area contributed by atoms with E-state index in [2.05, 4.69) is 5.32 Å². The molecule has 1 aliphatic rings. The SMILES string of the molecule is N#CCNC(=O)N1CCCCC1CCO. The van der Waals surface area contributed by atoms with E-state index >= 15 is 0 Å². The number of hydrogen-bond acceptors (Lipinski definition) is 3. The maximum atomic E-state index is 11.6. The summed E-state index contributed by atoms with van der Waals surface area (Å²) in [5.74, 6) is 0. The Morgan fingerprint density at radius 3 is 3.07 bits per heavy atom. The number of aliphatic hydroxyl groups excluding tert-OH is 1. The maximum absolute atomic E-state index is 11.6. The number of carbonyl (C=O) groups is 1. The topological polar surface area (TPSA) is 76.4 Å². The molecule has 0 aliphatic carbocycles. The zero-order valence-corrected chi connectivity index (χ0v) is 8.78. The predicted octanol–water partition coefficient (Wildman–Crippen LogP) is 0.456. The third kappa shape index (κ3) is 3.40. The third-order valence-corrected chi connectivity index (χ3v) is 2.67. The number of nitrogens with zero attached hydrogens (tertiary/aromatic N) is 2. The molecule has 2 amide bonds. The van der Waals surface area contributed by atoms with E-state index in [1.807, 2.05) is 6.07 Å². The summed E-state index contributed by atoms with van der Waals surface area (Å²) < 4.78 is 0. The fourth-order valence-electron chi connectivity index (χ4n) is 1.93. The second-order valence-corrected chi connectivity index (χ2v) is 3.67. The second-order valence-electron chi connectivity index (χ2n) is 3.67. The molecule has 1 fully saturated rings. The van der Waals surface area contributed by atoms with Crippen molar-refractivity contribution in [3.05, 3.63) is 0 Å². The van der Waals surface area contributed by atoms with E-state index in [1.54, 1.807) is 4.90 Å². The van der Waals surface area contributed by atoms with Gasteiger partial charge in [0.2, 0.25) is 0 Å². The molecule has 84 valence electrons. The largest absolute Gasteiger partial charge is 0.396 e. The number of amides is 2. The van der Waals surface area contributed by atoms with Crippen LogP contribution < -0.4 is 5.32 Å². The Labute approximate surface area is 89.7 Å². The fourth-order valence-corrected chi connectivity index (χ4v) is 1.93. The summed E-state index contributed by atoms with van der Waals surface area (Å²) in [5.41, 5.74) is 0. The molecular weight excluding hydrogens is 194 g/mol. The van der Waals surface area contributed by atoms with E-state index in [-0.39, 0.29) is 25.2 Å². The molecule has 0 aromatic rings. The van der Waals surface area contributed by atoms with Crippen molar-refractivity contribution < 1.29 is 9.90 Å². The summed E-state index contributed by atoms with van der Waals surface area (Å²) in [6, 6.07) is 1.82. The molecule has 5 nitrogen and oxygen atoms in total. The smallest absolute Gasteiger partial charge is 0.318 e. The third-order valence-electron chi connectivity index (χ3n) is 2.67. The number of nitrogens with one attached hydrogen (secondary N) is 1. The Hall–Kier alpha value is -1.28. The van der Waals surface area contributed by atoms with E-state index in [1.165, 1.54) is 0 Å². The first-order valence-electron chi connectivity index (χ1n) is 5.32. The highest BCUT2D eigenvalue weighted by Gasteiger charge is 2.25. The Morgan fingerprint density at radius 2 is 2.40 bits per heavy atom. The first-order valence-corrected chi connectivity index (χ1v) is 5.32. The number of piperidine rings is 1. The summed E-state index contributed by atoms with van der Waals surface area (Å²) in [5, 5.41) is 19.8. The molecule has 15 heavy (non-hydrogen) atoms. The molecule has 1 unspecified atom stereocenters. The molecule has 1 saturated heterocycles. The molecule has 5 heteroatoms. The van der Waals surface area contributed by atoms with Gasteiger partial charge in [0, 0.05) is 19.2 Å². The van der Waals surface area contributed by atoms with Gasteiger partial charge in [-0.05, 0) is 25.7 Å². The van der Waals surface area contributed by atoms with Crippen LogP contribution in [0, 0.1) is 11.3 Å². The monoisotopic (exact) mass is 211 g/mol. The molecule has 0 spiro atoms. The van der Waals surface area contributed by atoms with Gasteiger partial charge >= 0.3 is 6.03 Å². The highest BCUT2D eigenvalue weighted by Crippen LogP contribution is 2.19. The summed E-state index contributed by atoms with van der Waals surface area (Å²) >= 11 is 0. The first kappa shape index (κ1) is 11.8. The number of rotatable bonds is 3. The van der Waals surface area contributed by atoms with Gasteiger partial charge in [-0.3, -0.25) is 0 Å². The summed E-state index contributed by atoms with van der Waals surface area (Å²) in [6.07, 6.45) is 3.68. The predicted molar refractivity (Wildman–Crippen MR) is 55.1 cm³/mol. The lowest BCUT2D eigenvalue weighted by molar-refractivity contribution is 0.132. The first-order chi connectivity index (χ1) is 7.29. The maximum Gasteiger partial charge on any atom is 0.318 e. The van der Waals surface area contributed by atoms with Crippen molar-refractivity contribution in [2.24, 2.45) is 0 Å². The van der Waals surface area contributed by atoms with Crippen LogP contribution >= 0.6 is 0 Å². The minimum absolute atomic E-state index is 0.0428. The van der Waals surface area contributed by atoms with Gasteiger partial charge in [-0.25, -0.2) is 4.79 Å². The summed E-state index contributed by atoms with van der Waals surface area (Å²) in [7, 11) is 0. The van der Waals surface area contributed by atoms with Gasteiger partial charge in [0.25, 0.3) is 0 Å². The van der Waals surface area contributed by atoms with Gasteiger partial charge in [0.15, 0.2) is 0 Å². The molecule has 1 heterocycles. The van der Waals surface area contributed by atoms with E-state index in [9.17, 15) is 4.79 Å². The zero-order valence-electron chi connectivity index (χ0n) is 8.78. The number of nitriles is 1. The standard InChI is InChI=1S/C10H17N3O2/c11-5-6-12-10(15)13-7-2-1-3-9(13)4-8-14/h9,14H,1-4,6-8H2,(H,12,15). The normalized spacial score (nSPS) is 20.8. The number of carbonyl (C=O) groups excluding carboxylic acids is 1. The van der Waals surface area contributed by atoms with Crippen molar-refractivity contribution in [3.8, 4) is 6.07 Å². The van der Waals surface area contributed by atoms with Gasteiger partial charge in [0.1, 0.15) is 6.54 Å². The van der Waals surface area contributed by atoms with Crippen LogP contribution in [0.5, 0.6) is 0 Å². The van der Waals surface area contributed by atoms with Crippen LogP contribution in [0.4, 0.5) is 4.79 Å². The van der Waals surface area contributed by atoms with Crippen LogP contribution in [0.25, 0.3) is 0 Å². The van der Waals surface area contributed by atoms with E-state index < -0.39 is 0 Å². The lowest BCUT2D eigenvalue weighted by Crippen LogP contribution is -2.49. The zero-order chi connectivity index (χ0) is 11.1. The molecule has 2 N–H and O–H groups in total. The number of hydrogen-bond donors (Lipinski definition) is 2. The van der Waals surface area contributed by atoms with E-state index in [0.717, 1.165) is 25.8 Å². The Balaban J connectivity index is 2.48. The fraction of sp³-hybridized carbons (Fsp3) is 0.800. The second kappa shape index (κ2) is 6.25. The Kier molecular flexibility index (Phi) is 4.91. The lowest BCUT2D eigenvalue weighted by Gasteiger charge is -2.35. The van der Waals surface area contributed by atoms with Crippen LogP contribution in [-0.2, 0) is 0 Å². The van der Waals surface area contributed by atoms with E-state index in [4.69, 9.17) is 10.4 Å². The minimum atomic E-state index is -0.185. The molecule has 0 aromatic carbocycles. The average Bonchev–Trinajstić information content (AvgIpc) is 2.27. The molecular formula is C10H17N3O2. The molecule has 0 aromatic heterocycles. The van der Waals surface area contributed by atoms with E-state index in [0.29, 0.717) is 6.42 Å². The molecule has 0 radical (unpaired) electrons. The molecule has 0 bridgehead atoms. The van der Waals surface area contributed by atoms with Crippen molar-refractivity contribution >= 4 is 6.03 Å². The van der Waals surface area contributed by atoms with Gasteiger partial charge in [0.05, 0.1) is 6.07 Å². The van der Waals surface area contributed by atoms with Crippen molar-refractivity contribution in [2.75, 3.05) is 19.7 Å². The molecule has 1 rings (SSSR count). The number of aliphatic hydroxyl groups is 1. The van der Waals surface area contributed by atoms with Crippen molar-refractivity contribution in [1.82, 2.24) is 10.2 Å². The number of urea groups is 1. The highest BCUT2D eigenvalue weighted by atomic mass is 16.3. The highest BCUT2D eigenvalue weighted by molar-refractivity contribution is 5.74. The summed E-state index contributed by atoms with van der Waals surface area (Å²) in [4.78, 5) is 13.4.